The first-order valence-electron chi connectivity index (χ1n) is 8.38. The first kappa shape index (κ1) is 15.6. The molecular weight excluding hydrogens is 314 g/mol. The molecule has 2 heterocycles. The Balaban J connectivity index is 1.47. The van der Waals surface area contributed by atoms with E-state index >= 15 is 0 Å². The topological polar surface area (TPSA) is 51.4 Å². The summed E-state index contributed by atoms with van der Waals surface area (Å²) in [6.45, 7) is 3.42. The van der Waals surface area contributed by atoms with Crippen molar-refractivity contribution < 1.29 is 9.26 Å². The van der Waals surface area contributed by atoms with Crippen LogP contribution in [-0.2, 0) is 4.74 Å². The normalized spacial score (nSPS) is 15.0. The fourth-order valence-electron chi connectivity index (χ4n) is 2.79. The quantitative estimate of drug-likeness (QED) is 0.728. The highest BCUT2D eigenvalue weighted by atomic mass is 16.5. The Morgan fingerprint density at radius 3 is 2.40 bits per heavy atom. The van der Waals surface area contributed by atoms with Gasteiger partial charge in [-0.1, -0.05) is 35.5 Å². The first-order valence-corrected chi connectivity index (χ1v) is 8.38. The van der Waals surface area contributed by atoms with Gasteiger partial charge in [-0.05, 0) is 35.9 Å². The molecule has 4 rings (SSSR count). The summed E-state index contributed by atoms with van der Waals surface area (Å²) in [5.74, 6) is 1.09. The maximum atomic E-state index is 5.39. The average molecular weight is 333 g/mol. The molecule has 0 radical (unpaired) electrons. The Morgan fingerprint density at radius 1 is 0.880 bits per heavy atom. The summed E-state index contributed by atoms with van der Waals surface area (Å²) in [6, 6.07) is 18.3. The minimum Gasteiger partial charge on any atom is -0.378 e. The van der Waals surface area contributed by atoms with Crippen molar-refractivity contribution >= 4 is 17.8 Å². The Bertz CT molecular complexity index is 835. The molecular formula is C20H19N3O2. The number of nitrogens with zero attached hydrogens (tertiary/aromatic N) is 3. The number of hydrogen-bond acceptors (Lipinski definition) is 5. The van der Waals surface area contributed by atoms with Crippen LogP contribution in [0.3, 0.4) is 0 Å². The molecule has 0 saturated carbocycles. The van der Waals surface area contributed by atoms with Gasteiger partial charge in [-0.3, -0.25) is 0 Å². The molecule has 1 saturated heterocycles. The lowest BCUT2D eigenvalue weighted by molar-refractivity contribution is 0.122. The summed E-state index contributed by atoms with van der Waals surface area (Å²) in [7, 11) is 0. The van der Waals surface area contributed by atoms with Gasteiger partial charge in [-0.2, -0.15) is 4.98 Å². The molecule has 5 nitrogen and oxygen atoms in total. The van der Waals surface area contributed by atoms with Gasteiger partial charge >= 0.3 is 0 Å². The molecule has 0 aliphatic carbocycles. The number of hydrogen-bond donors (Lipinski definition) is 0. The van der Waals surface area contributed by atoms with Crippen LogP contribution in [0.5, 0.6) is 0 Å². The van der Waals surface area contributed by atoms with Gasteiger partial charge in [0.15, 0.2) is 0 Å². The standard InChI is InChI=1S/C20H19N3O2/c1-2-4-16(5-3-1)6-11-19-21-20(22-25-19)17-7-9-18(10-8-17)23-12-14-24-15-13-23/h1-11H,12-15H2/b11-6+. The molecule has 1 fully saturated rings. The van der Waals surface area contributed by atoms with Gasteiger partial charge in [0.1, 0.15) is 0 Å². The smallest absolute Gasteiger partial charge is 0.250 e. The molecule has 126 valence electrons. The first-order chi connectivity index (χ1) is 12.4. The third kappa shape index (κ3) is 3.78. The summed E-state index contributed by atoms with van der Waals surface area (Å²) >= 11 is 0. The maximum Gasteiger partial charge on any atom is 0.250 e. The monoisotopic (exact) mass is 333 g/mol. The zero-order valence-electron chi connectivity index (χ0n) is 13.8. The number of aromatic nitrogens is 2. The molecule has 0 unspecified atom stereocenters. The van der Waals surface area contributed by atoms with Gasteiger partial charge in [-0.25, -0.2) is 0 Å². The number of anilines is 1. The summed E-state index contributed by atoms with van der Waals surface area (Å²) in [5.41, 5.74) is 3.23. The van der Waals surface area contributed by atoms with Gasteiger partial charge < -0.3 is 14.2 Å². The fraction of sp³-hybridized carbons (Fsp3) is 0.200. The maximum absolute atomic E-state index is 5.39. The van der Waals surface area contributed by atoms with Crippen molar-refractivity contribution in [2.24, 2.45) is 0 Å². The number of benzene rings is 2. The minimum absolute atomic E-state index is 0.496. The molecule has 0 spiro atoms. The fourth-order valence-corrected chi connectivity index (χ4v) is 2.79. The van der Waals surface area contributed by atoms with Crippen LogP contribution >= 0.6 is 0 Å². The van der Waals surface area contributed by atoms with Crippen LogP contribution in [0.4, 0.5) is 5.69 Å². The SMILES string of the molecule is C(=C\c1nc(-c2ccc(N3CCOCC3)cc2)no1)/c1ccccc1. The second kappa shape index (κ2) is 7.32. The lowest BCUT2D eigenvalue weighted by Crippen LogP contribution is -2.36. The van der Waals surface area contributed by atoms with E-state index in [2.05, 4.69) is 27.2 Å². The molecule has 5 heteroatoms. The Morgan fingerprint density at radius 2 is 1.64 bits per heavy atom. The van der Waals surface area contributed by atoms with Crippen molar-refractivity contribution in [3.8, 4) is 11.4 Å². The molecule has 0 atom stereocenters. The highest BCUT2D eigenvalue weighted by molar-refractivity contribution is 5.67. The van der Waals surface area contributed by atoms with E-state index in [9.17, 15) is 0 Å². The largest absolute Gasteiger partial charge is 0.378 e. The van der Waals surface area contributed by atoms with E-state index in [0.717, 1.165) is 37.4 Å². The van der Waals surface area contributed by atoms with Crippen molar-refractivity contribution in [3.63, 3.8) is 0 Å². The van der Waals surface area contributed by atoms with E-state index < -0.39 is 0 Å². The van der Waals surface area contributed by atoms with Gasteiger partial charge in [0, 0.05) is 30.4 Å². The molecule has 1 aromatic heterocycles. The van der Waals surface area contributed by atoms with Crippen LogP contribution in [0, 0.1) is 0 Å². The molecule has 1 aliphatic rings. The predicted octanol–water partition coefficient (Wildman–Crippen LogP) is 3.74. The molecule has 0 bridgehead atoms. The van der Waals surface area contributed by atoms with Crippen molar-refractivity contribution in [3.05, 3.63) is 66.1 Å². The van der Waals surface area contributed by atoms with E-state index in [0.29, 0.717) is 11.7 Å². The lowest BCUT2D eigenvalue weighted by atomic mass is 10.2. The molecule has 0 N–H and O–H groups in total. The van der Waals surface area contributed by atoms with Gasteiger partial charge in [-0.15, -0.1) is 0 Å². The third-order valence-electron chi connectivity index (χ3n) is 4.16. The second-order valence-electron chi connectivity index (χ2n) is 5.85. The Hall–Kier alpha value is -2.92. The average Bonchev–Trinajstić information content (AvgIpc) is 3.17. The third-order valence-corrected chi connectivity index (χ3v) is 4.16. The van der Waals surface area contributed by atoms with E-state index in [4.69, 9.17) is 9.26 Å². The van der Waals surface area contributed by atoms with Crippen LogP contribution in [0.25, 0.3) is 23.5 Å². The minimum atomic E-state index is 0.496. The second-order valence-corrected chi connectivity index (χ2v) is 5.85. The highest BCUT2D eigenvalue weighted by Gasteiger charge is 2.12. The van der Waals surface area contributed by atoms with Crippen LogP contribution in [-0.4, -0.2) is 36.4 Å². The van der Waals surface area contributed by atoms with E-state index in [1.807, 2.05) is 54.6 Å². The number of morpholine rings is 1. The summed E-state index contributed by atoms with van der Waals surface area (Å²) in [6.07, 6.45) is 3.78. The van der Waals surface area contributed by atoms with Gasteiger partial charge in [0.2, 0.25) is 5.82 Å². The van der Waals surface area contributed by atoms with Crippen LogP contribution in [0.15, 0.2) is 59.1 Å². The number of rotatable bonds is 4. The molecule has 0 amide bonds. The van der Waals surface area contributed by atoms with Gasteiger partial charge in [0.05, 0.1) is 13.2 Å². The predicted molar refractivity (Wildman–Crippen MR) is 98.1 cm³/mol. The highest BCUT2D eigenvalue weighted by Crippen LogP contribution is 2.22. The Labute approximate surface area is 146 Å². The summed E-state index contributed by atoms with van der Waals surface area (Å²) in [4.78, 5) is 6.76. The zero-order valence-corrected chi connectivity index (χ0v) is 13.8. The van der Waals surface area contributed by atoms with Crippen molar-refractivity contribution in [2.75, 3.05) is 31.2 Å². The number of ether oxygens (including phenoxy) is 1. The summed E-state index contributed by atoms with van der Waals surface area (Å²) < 4.78 is 10.7. The lowest BCUT2D eigenvalue weighted by Gasteiger charge is -2.28. The molecule has 1 aliphatic heterocycles. The van der Waals surface area contributed by atoms with E-state index in [1.165, 1.54) is 5.69 Å². The molecule has 25 heavy (non-hydrogen) atoms. The van der Waals surface area contributed by atoms with Crippen molar-refractivity contribution in [2.45, 2.75) is 0 Å². The van der Waals surface area contributed by atoms with Crippen molar-refractivity contribution in [1.29, 1.82) is 0 Å². The van der Waals surface area contributed by atoms with E-state index in [1.54, 1.807) is 0 Å². The molecule has 3 aromatic rings. The van der Waals surface area contributed by atoms with Crippen LogP contribution in [0.1, 0.15) is 11.5 Å². The van der Waals surface area contributed by atoms with Crippen molar-refractivity contribution in [1.82, 2.24) is 10.1 Å². The van der Waals surface area contributed by atoms with Crippen LogP contribution < -0.4 is 4.90 Å². The van der Waals surface area contributed by atoms with Crippen LogP contribution in [0.2, 0.25) is 0 Å². The van der Waals surface area contributed by atoms with Gasteiger partial charge in [0.25, 0.3) is 5.89 Å². The zero-order chi connectivity index (χ0) is 16.9. The summed E-state index contributed by atoms with van der Waals surface area (Å²) in [5, 5.41) is 4.07. The van der Waals surface area contributed by atoms with E-state index in [-0.39, 0.29) is 0 Å². The molecule has 2 aromatic carbocycles. The Kier molecular flexibility index (Phi) is 4.57.